The van der Waals surface area contributed by atoms with Crippen molar-refractivity contribution in [2.75, 3.05) is 12.0 Å². The highest BCUT2D eigenvalue weighted by Crippen LogP contribution is 2.21. The second-order valence-electron chi connectivity index (χ2n) is 2.12. The van der Waals surface area contributed by atoms with E-state index in [4.69, 9.17) is 5.26 Å². The summed E-state index contributed by atoms with van der Waals surface area (Å²) in [4.78, 5) is 8.27. The zero-order valence-corrected chi connectivity index (χ0v) is 9.08. The second kappa shape index (κ2) is 5.10. The average molecular weight is 211 g/mol. The monoisotopic (exact) mass is 211 g/mol. The predicted molar refractivity (Wildman–Crippen MR) is 54.9 cm³/mol. The number of hydrogen-bond acceptors (Lipinski definition) is 5. The molecule has 0 fully saturated rings. The maximum Gasteiger partial charge on any atom is 0.188 e. The van der Waals surface area contributed by atoms with E-state index in [0.717, 1.165) is 15.9 Å². The van der Waals surface area contributed by atoms with Crippen molar-refractivity contribution in [1.29, 1.82) is 5.26 Å². The fraction of sp³-hybridized carbons (Fsp3) is 0.375. The van der Waals surface area contributed by atoms with Crippen LogP contribution in [-0.2, 0) is 0 Å². The first-order valence-electron chi connectivity index (χ1n) is 3.75. The molecule has 68 valence electrons. The summed E-state index contributed by atoms with van der Waals surface area (Å²) in [5.74, 6) is 0.916. The van der Waals surface area contributed by atoms with Crippen molar-refractivity contribution >= 4 is 23.5 Å². The van der Waals surface area contributed by atoms with Crippen molar-refractivity contribution in [3.63, 3.8) is 0 Å². The minimum absolute atomic E-state index is 0.560. The zero-order chi connectivity index (χ0) is 9.68. The van der Waals surface area contributed by atoms with Gasteiger partial charge in [-0.1, -0.05) is 18.7 Å². The van der Waals surface area contributed by atoms with Gasteiger partial charge in [-0.2, -0.15) is 5.26 Å². The first kappa shape index (κ1) is 10.4. The molecule has 1 rings (SSSR count). The van der Waals surface area contributed by atoms with Gasteiger partial charge in [0, 0.05) is 0 Å². The lowest BCUT2D eigenvalue weighted by Gasteiger charge is -2.01. The normalized spacial score (nSPS) is 9.62. The average Bonchev–Trinajstić information content (AvgIpc) is 2.18. The fourth-order valence-electron chi connectivity index (χ4n) is 0.773. The Morgan fingerprint density at radius 2 is 2.38 bits per heavy atom. The SMILES string of the molecule is CCSc1nc(SC)ncc1C#N. The Hall–Kier alpha value is -0.730. The number of aromatic nitrogens is 2. The van der Waals surface area contributed by atoms with Gasteiger partial charge in [0.2, 0.25) is 0 Å². The molecule has 13 heavy (non-hydrogen) atoms. The van der Waals surface area contributed by atoms with Gasteiger partial charge in [-0.05, 0) is 12.0 Å². The molecule has 1 aromatic rings. The number of rotatable bonds is 3. The standard InChI is InChI=1S/C8H9N3S2/c1-3-13-7-6(4-9)5-10-8(11-7)12-2/h5H,3H2,1-2H3. The molecule has 0 atom stereocenters. The fourth-order valence-corrected chi connectivity index (χ4v) is 1.85. The van der Waals surface area contributed by atoms with Crippen molar-refractivity contribution in [2.24, 2.45) is 0 Å². The molecule has 0 unspecified atom stereocenters. The predicted octanol–water partition coefficient (Wildman–Crippen LogP) is 2.18. The van der Waals surface area contributed by atoms with Crippen LogP contribution in [0.4, 0.5) is 0 Å². The maximum atomic E-state index is 8.76. The van der Waals surface area contributed by atoms with E-state index in [9.17, 15) is 0 Å². The quantitative estimate of drug-likeness (QED) is 0.436. The third-order valence-electron chi connectivity index (χ3n) is 1.32. The highest BCUT2D eigenvalue weighted by atomic mass is 32.2. The van der Waals surface area contributed by atoms with E-state index >= 15 is 0 Å². The van der Waals surface area contributed by atoms with Gasteiger partial charge in [-0.15, -0.1) is 11.8 Å². The molecule has 0 radical (unpaired) electrons. The number of nitriles is 1. The first-order chi connectivity index (χ1) is 6.31. The summed E-state index contributed by atoms with van der Waals surface area (Å²) in [6.45, 7) is 2.03. The van der Waals surface area contributed by atoms with E-state index in [2.05, 4.69) is 16.0 Å². The molecule has 0 N–H and O–H groups in total. The van der Waals surface area contributed by atoms with Crippen LogP contribution in [0, 0.1) is 11.3 Å². The molecule has 1 heterocycles. The van der Waals surface area contributed by atoms with Gasteiger partial charge in [0.25, 0.3) is 0 Å². The molecule has 0 aromatic carbocycles. The Labute approximate surface area is 86.0 Å². The Morgan fingerprint density at radius 3 is 2.92 bits per heavy atom. The molecule has 0 amide bonds. The van der Waals surface area contributed by atoms with E-state index in [0.29, 0.717) is 5.56 Å². The number of thioether (sulfide) groups is 2. The molecule has 0 saturated heterocycles. The minimum atomic E-state index is 0.560. The van der Waals surface area contributed by atoms with Crippen molar-refractivity contribution in [3.8, 4) is 6.07 Å². The molecule has 0 aliphatic heterocycles. The molecule has 0 spiro atoms. The molecule has 1 aromatic heterocycles. The van der Waals surface area contributed by atoms with Crippen LogP contribution in [0.1, 0.15) is 12.5 Å². The van der Waals surface area contributed by atoms with Crippen molar-refractivity contribution in [3.05, 3.63) is 11.8 Å². The van der Waals surface area contributed by atoms with E-state index < -0.39 is 0 Å². The lowest BCUT2D eigenvalue weighted by Crippen LogP contribution is -1.92. The van der Waals surface area contributed by atoms with E-state index in [1.54, 1.807) is 18.0 Å². The Bertz CT molecular complexity index is 333. The van der Waals surface area contributed by atoms with Gasteiger partial charge in [0.1, 0.15) is 16.7 Å². The van der Waals surface area contributed by atoms with Crippen molar-refractivity contribution < 1.29 is 0 Å². The molecule has 5 heteroatoms. The van der Waals surface area contributed by atoms with Crippen LogP contribution in [0.5, 0.6) is 0 Å². The van der Waals surface area contributed by atoms with Crippen LogP contribution in [0.3, 0.4) is 0 Å². The summed E-state index contributed by atoms with van der Waals surface area (Å²) < 4.78 is 0. The summed E-state index contributed by atoms with van der Waals surface area (Å²) in [6, 6.07) is 2.08. The van der Waals surface area contributed by atoms with Crippen LogP contribution >= 0.6 is 23.5 Å². The molecule has 0 saturated carbocycles. The highest BCUT2D eigenvalue weighted by Gasteiger charge is 2.05. The largest absolute Gasteiger partial charge is 0.230 e. The lowest BCUT2D eigenvalue weighted by atomic mass is 10.4. The smallest absolute Gasteiger partial charge is 0.188 e. The van der Waals surface area contributed by atoms with Crippen LogP contribution in [-0.4, -0.2) is 22.0 Å². The second-order valence-corrected chi connectivity index (χ2v) is 4.15. The third kappa shape index (κ3) is 2.61. The summed E-state index contributed by atoms with van der Waals surface area (Å²) in [6.07, 6.45) is 3.50. The number of nitrogens with zero attached hydrogens (tertiary/aromatic N) is 3. The van der Waals surface area contributed by atoms with E-state index in [1.165, 1.54) is 11.8 Å². The molecule has 0 aliphatic carbocycles. The molecular weight excluding hydrogens is 202 g/mol. The first-order valence-corrected chi connectivity index (χ1v) is 5.96. The van der Waals surface area contributed by atoms with Gasteiger partial charge in [0.15, 0.2) is 5.16 Å². The van der Waals surface area contributed by atoms with Gasteiger partial charge in [0.05, 0.1) is 6.20 Å². The zero-order valence-electron chi connectivity index (χ0n) is 7.44. The highest BCUT2D eigenvalue weighted by molar-refractivity contribution is 7.99. The van der Waals surface area contributed by atoms with Gasteiger partial charge in [-0.3, -0.25) is 0 Å². The van der Waals surface area contributed by atoms with Crippen molar-refractivity contribution in [1.82, 2.24) is 9.97 Å². The van der Waals surface area contributed by atoms with E-state index in [1.807, 2.05) is 13.2 Å². The topological polar surface area (TPSA) is 49.6 Å². The Balaban J connectivity index is 3.04. The summed E-state index contributed by atoms with van der Waals surface area (Å²) in [5, 5.41) is 10.3. The van der Waals surface area contributed by atoms with Crippen LogP contribution in [0.2, 0.25) is 0 Å². The number of hydrogen-bond donors (Lipinski definition) is 0. The van der Waals surface area contributed by atoms with E-state index in [-0.39, 0.29) is 0 Å². The Kier molecular flexibility index (Phi) is 4.06. The van der Waals surface area contributed by atoms with Crippen molar-refractivity contribution in [2.45, 2.75) is 17.1 Å². The van der Waals surface area contributed by atoms with Gasteiger partial charge < -0.3 is 0 Å². The summed E-state index contributed by atoms with van der Waals surface area (Å²) in [7, 11) is 0. The Morgan fingerprint density at radius 1 is 1.62 bits per heavy atom. The summed E-state index contributed by atoms with van der Waals surface area (Å²) >= 11 is 3.05. The van der Waals surface area contributed by atoms with Crippen LogP contribution in [0.25, 0.3) is 0 Å². The third-order valence-corrected chi connectivity index (χ3v) is 2.75. The molecular formula is C8H9N3S2. The molecule has 0 bridgehead atoms. The van der Waals surface area contributed by atoms with Crippen LogP contribution in [0.15, 0.2) is 16.4 Å². The lowest BCUT2D eigenvalue weighted by molar-refractivity contribution is 0.884. The van der Waals surface area contributed by atoms with Gasteiger partial charge >= 0.3 is 0 Å². The van der Waals surface area contributed by atoms with Crippen LogP contribution < -0.4 is 0 Å². The summed E-state index contributed by atoms with van der Waals surface area (Å²) in [5.41, 5.74) is 0.560. The molecule has 3 nitrogen and oxygen atoms in total. The minimum Gasteiger partial charge on any atom is -0.230 e. The van der Waals surface area contributed by atoms with Gasteiger partial charge in [-0.25, -0.2) is 9.97 Å². The maximum absolute atomic E-state index is 8.76. The molecule has 0 aliphatic rings.